The normalized spacial score (nSPS) is 13.2. The number of nitrogens with zero attached hydrogens (tertiary/aromatic N) is 4. The Morgan fingerprint density at radius 3 is 2.71 bits per heavy atom. The van der Waals surface area contributed by atoms with E-state index in [1.54, 1.807) is 4.68 Å². The molecule has 0 bridgehead atoms. The molecule has 1 aromatic heterocycles. The van der Waals surface area contributed by atoms with Gasteiger partial charge in [0.05, 0.1) is 11.8 Å². The molecule has 8 heteroatoms. The first kappa shape index (κ1) is 17.9. The van der Waals surface area contributed by atoms with Crippen molar-refractivity contribution < 1.29 is 4.79 Å². The van der Waals surface area contributed by atoms with Gasteiger partial charge in [-0.1, -0.05) is 18.7 Å². The fourth-order valence-corrected chi connectivity index (χ4v) is 2.40. The summed E-state index contributed by atoms with van der Waals surface area (Å²) in [4.78, 5) is 11.9. The minimum Gasteiger partial charge on any atom is -0.355 e. The summed E-state index contributed by atoms with van der Waals surface area (Å²) in [6.07, 6.45) is 0.930. The van der Waals surface area contributed by atoms with Crippen LogP contribution in [0.1, 0.15) is 41.0 Å². The second-order valence-electron chi connectivity index (χ2n) is 5.91. The van der Waals surface area contributed by atoms with Gasteiger partial charge in [0.2, 0.25) is 11.1 Å². The molecule has 2 N–H and O–H groups in total. The van der Waals surface area contributed by atoms with Crippen molar-refractivity contribution in [1.29, 1.82) is 0 Å². The van der Waals surface area contributed by atoms with Crippen LogP contribution in [-0.4, -0.2) is 50.0 Å². The third-order valence-corrected chi connectivity index (χ3v) is 3.75. The zero-order valence-electron chi connectivity index (χ0n) is 13.5. The number of nitrogens with one attached hydrogen (secondary N) is 2. The molecule has 0 saturated heterocycles. The maximum absolute atomic E-state index is 11.9. The van der Waals surface area contributed by atoms with Crippen LogP contribution in [-0.2, 0) is 11.3 Å². The summed E-state index contributed by atoms with van der Waals surface area (Å²) < 4.78 is 1.73. The molecule has 0 spiro atoms. The van der Waals surface area contributed by atoms with Gasteiger partial charge in [0.15, 0.2) is 0 Å². The number of hydrogen-bond donors (Lipinski definition) is 2. The van der Waals surface area contributed by atoms with Crippen molar-refractivity contribution in [1.82, 2.24) is 30.8 Å². The van der Waals surface area contributed by atoms with Crippen molar-refractivity contribution in [3.63, 3.8) is 0 Å². The maximum atomic E-state index is 11.9. The lowest BCUT2D eigenvalue weighted by atomic mass is 10.1. The predicted molar refractivity (Wildman–Crippen MR) is 84.2 cm³/mol. The second kappa shape index (κ2) is 8.33. The molecule has 0 fully saturated rings. The van der Waals surface area contributed by atoms with E-state index in [4.69, 9.17) is 0 Å². The van der Waals surface area contributed by atoms with Gasteiger partial charge in [0.25, 0.3) is 0 Å². The summed E-state index contributed by atoms with van der Waals surface area (Å²) in [5, 5.41) is 18.4. The molecule has 1 heterocycles. The van der Waals surface area contributed by atoms with Crippen LogP contribution >= 0.6 is 11.8 Å². The molecule has 21 heavy (non-hydrogen) atoms. The zero-order chi connectivity index (χ0) is 15.9. The Labute approximate surface area is 130 Å². The van der Waals surface area contributed by atoms with Crippen molar-refractivity contribution in [2.45, 2.75) is 63.5 Å². The number of thioether (sulfide) groups is 1. The largest absolute Gasteiger partial charge is 0.355 e. The SMILES string of the molecule is CCCNC(=O)C(C)Sc1nnnn1CCNC(C)(C)C. The average molecular weight is 314 g/mol. The van der Waals surface area contributed by atoms with Gasteiger partial charge in [0.1, 0.15) is 0 Å². The topological polar surface area (TPSA) is 84.7 Å². The minimum absolute atomic E-state index is 0.0178. The fraction of sp³-hybridized carbons (Fsp3) is 0.846. The van der Waals surface area contributed by atoms with Crippen molar-refractivity contribution in [2.75, 3.05) is 13.1 Å². The lowest BCUT2D eigenvalue weighted by Crippen LogP contribution is -2.38. The standard InChI is InChI=1S/C13H26N6OS/c1-6-7-14-11(20)10(2)21-12-16-17-18-19(12)9-8-15-13(3,4)5/h10,15H,6-9H2,1-5H3,(H,14,20). The predicted octanol–water partition coefficient (Wildman–Crippen LogP) is 1.07. The molecule has 1 rings (SSSR count). The lowest BCUT2D eigenvalue weighted by molar-refractivity contribution is -0.120. The molecule has 1 amide bonds. The molecule has 1 aromatic rings. The molecule has 1 atom stereocenters. The van der Waals surface area contributed by atoms with Crippen molar-refractivity contribution >= 4 is 17.7 Å². The number of carbonyl (C=O) groups excluding carboxylic acids is 1. The van der Waals surface area contributed by atoms with Gasteiger partial charge in [0, 0.05) is 18.6 Å². The summed E-state index contributed by atoms with van der Waals surface area (Å²) in [7, 11) is 0. The molecular formula is C13H26N6OS. The summed E-state index contributed by atoms with van der Waals surface area (Å²) in [6.45, 7) is 12.4. The van der Waals surface area contributed by atoms with E-state index in [1.807, 2.05) is 13.8 Å². The first-order valence-corrected chi connectivity index (χ1v) is 8.17. The maximum Gasteiger partial charge on any atom is 0.233 e. The minimum atomic E-state index is -0.211. The first-order chi connectivity index (χ1) is 9.83. The number of carbonyl (C=O) groups is 1. The van der Waals surface area contributed by atoms with Crippen molar-refractivity contribution in [3.05, 3.63) is 0 Å². The van der Waals surface area contributed by atoms with E-state index >= 15 is 0 Å². The fourth-order valence-electron chi connectivity index (χ4n) is 1.56. The van der Waals surface area contributed by atoms with Crippen LogP contribution in [0.2, 0.25) is 0 Å². The number of amides is 1. The Balaban J connectivity index is 2.49. The van der Waals surface area contributed by atoms with Crippen LogP contribution < -0.4 is 10.6 Å². The van der Waals surface area contributed by atoms with Crippen LogP contribution in [0.5, 0.6) is 0 Å². The van der Waals surface area contributed by atoms with Gasteiger partial charge in [-0.25, -0.2) is 4.68 Å². The molecule has 0 aliphatic rings. The third-order valence-electron chi connectivity index (χ3n) is 2.68. The van der Waals surface area contributed by atoms with Crippen LogP contribution in [0.25, 0.3) is 0 Å². The smallest absolute Gasteiger partial charge is 0.233 e. The summed E-state index contributed by atoms with van der Waals surface area (Å²) in [5.41, 5.74) is 0.0641. The highest BCUT2D eigenvalue weighted by Crippen LogP contribution is 2.19. The zero-order valence-corrected chi connectivity index (χ0v) is 14.3. The van der Waals surface area contributed by atoms with Crippen LogP contribution in [0, 0.1) is 0 Å². The van der Waals surface area contributed by atoms with E-state index in [2.05, 4.69) is 46.9 Å². The number of hydrogen-bond acceptors (Lipinski definition) is 6. The van der Waals surface area contributed by atoms with Gasteiger partial charge >= 0.3 is 0 Å². The van der Waals surface area contributed by atoms with Gasteiger partial charge < -0.3 is 10.6 Å². The molecule has 7 nitrogen and oxygen atoms in total. The quantitative estimate of drug-likeness (QED) is 0.698. The molecule has 0 aliphatic heterocycles. The van der Waals surface area contributed by atoms with E-state index < -0.39 is 0 Å². The van der Waals surface area contributed by atoms with E-state index in [9.17, 15) is 4.79 Å². The average Bonchev–Trinajstić information content (AvgIpc) is 2.82. The van der Waals surface area contributed by atoms with E-state index in [0.29, 0.717) is 18.2 Å². The Hall–Kier alpha value is -1.15. The van der Waals surface area contributed by atoms with Gasteiger partial charge in [-0.05, 0) is 44.5 Å². The Bertz CT molecular complexity index is 442. The van der Waals surface area contributed by atoms with Crippen LogP contribution in [0.15, 0.2) is 5.16 Å². The lowest BCUT2D eigenvalue weighted by Gasteiger charge is -2.20. The van der Waals surface area contributed by atoms with E-state index in [0.717, 1.165) is 13.0 Å². The number of rotatable bonds is 8. The third kappa shape index (κ3) is 6.90. The highest BCUT2D eigenvalue weighted by atomic mass is 32.2. The van der Waals surface area contributed by atoms with Crippen LogP contribution in [0.3, 0.4) is 0 Å². The molecule has 120 valence electrons. The van der Waals surface area contributed by atoms with Gasteiger partial charge in [-0.2, -0.15) is 0 Å². The Morgan fingerprint density at radius 2 is 2.10 bits per heavy atom. The van der Waals surface area contributed by atoms with Gasteiger partial charge in [-0.15, -0.1) is 5.10 Å². The second-order valence-corrected chi connectivity index (χ2v) is 7.22. The molecular weight excluding hydrogens is 288 g/mol. The number of aromatic nitrogens is 4. The first-order valence-electron chi connectivity index (χ1n) is 7.29. The number of tetrazole rings is 1. The molecule has 0 aliphatic carbocycles. The molecule has 1 unspecified atom stereocenters. The Morgan fingerprint density at radius 1 is 1.38 bits per heavy atom. The van der Waals surface area contributed by atoms with Gasteiger partial charge in [-0.3, -0.25) is 4.79 Å². The van der Waals surface area contributed by atoms with Crippen molar-refractivity contribution in [3.8, 4) is 0 Å². The Kier molecular flexibility index (Phi) is 7.10. The molecule has 0 saturated carbocycles. The van der Waals surface area contributed by atoms with Crippen LogP contribution in [0.4, 0.5) is 0 Å². The molecule has 0 radical (unpaired) electrons. The summed E-state index contributed by atoms with van der Waals surface area (Å²) >= 11 is 1.38. The highest BCUT2D eigenvalue weighted by Gasteiger charge is 2.18. The molecule has 0 aromatic carbocycles. The monoisotopic (exact) mass is 314 g/mol. The van der Waals surface area contributed by atoms with E-state index in [1.165, 1.54) is 11.8 Å². The summed E-state index contributed by atoms with van der Waals surface area (Å²) in [6, 6.07) is 0. The van der Waals surface area contributed by atoms with Crippen molar-refractivity contribution in [2.24, 2.45) is 0 Å². The highest BCUT2D eigenvalue weighted by molar-refractivity contribution is 8.00. The summed E-state index contributed by atoms with van der Waals surface area (Å²) in [5.74, 6) is 0.0178. The van der Waals surface area contributed by atoms with E-state index in [-0.39, 0.29) is 16.7 Å².